The number of halogens is 1. The molecule has 12 heavy (non-hydrogen) atoms. The van der Waals surface area contributed by atoms with Crippen LogP contribution in [0.2, 0.25) is 0 Å². The van der Waals surface area contributed by atoms with E-state index < -0.39 is 19.4 Å². The lowest BCUT2D eigenvalue weighted by Gasteiger charge is -2.10. The molecular formula is C5H11ClNO4P. The predicted octanol–water partition coefficient (Wildman–Crippen LogP) is 0.473. The molecule has 0 radical (unpaired) electrons. The molecule has 0 saturated heterocycles. The van der Waals surface area contributed by atoms with Gasteiger partial charge in [0.15, 0.2) is 7.37 Å². The largest absolute Gasteiger partial charge is 0.480 e. The summed E-state index contributed by atoms with van der Waals surface area (Å²) in [5, 5.41) is 8.45. The minimum Gasteiger partial charge on any atom is -0.480 e. The third-order valence-corrected chi connectivity index (χ3v) is 2.61. The van der Waals surface area contributed by atoms with Crippen molar-refractivity contribution in [2.75, 3.05) is 12.8 Å². The van der Waals surface area contributed by atoms with Crippen LogP contribution in [0.4, 0.5) is 0 Å². The van der Waals surface area contributed by atoms with Crippen LogP contribution in [-0.2, 0) is 9.36 Å². The number of carboxylic acid groups (broad SMARTS) is 1. The van der Waals surface area contributed by atoms with E-state index in [0.29, 0.717) is 0 Å². The molecule has 0 aliphatic heterocycles. The van der Waals surface area contributed by atoms with E-state index in [-0.39, 0.29) is 12.6 Å². The van der Waals surface area contributed by atoms with Crippen molar-refractivity contribution in [2.45, 2.75) is 12.5 Å². The van der Waals surface area contributed by atoms with Gasteiger partial charge in [-0.15, -0.1) is 0 Å². The highest BCUT2D eigenvalue weighted by Gasteiger charge is 2.19. The van der Waals surface area contributed by atoms with Crippen molar-refractivity contribution in [2.24, 2.45) is 0 Å². The fourth-order valence-corrected chi connectivity index (χ4v) is 1.53. The van der Waals surface area contributed by atoms with E-state index in [2.05, 4.69) is 0 Å². The second kappa shape index (κ2) is 4.82. The summed E-state index contributed by atoms with van der Waals surface area (Å²) in [5.74, 6) is -1.13. The van der Waals surface area contributed by atoms with Gasteiger partial charge in [-0.25, -0.2) is 4.84 Å². The molecule has 5 nitrogen and oxygen atoms in total. The predicted molar refractivity (Wildman–Crippen MR) is 45.6 cm³/mol. The third kappa shape index (κ3) is 5.55. The molecule has 0 aromatic carbocycles. The van der Waals surface area contributed by atoms with E-state index in [0.717, 1.165) is 0 Å². The summed E-state index contributed by atoms with van der Waals surface area (Å²) >= 11 is 5.09. The SMILES string of the molecule is CP(=O)(O)CCC(NCl)C(=O)O. The van der Waals surface area contributed by atoms with Gasteiger partial charge in [-0.2, -0.15) is 0 Å². The Kier molecular flexibility index (Phi) is 4.78. The Morgan fingerprint density at radius 2 is 2.25 bits per heavy atom. The molecule has 7 heteroatoms. The van der Waals surface area contributed by atoms with Gasteiger partial charge in [0, 0.05) is 12.8 Å². The van der Waals surface area contributed by atoms with E-state index in [9.17, 15) is 9.36 Å². The van der Waals surface area contributed by atoms with Gasteiger partial charge in [0.05, 0.1) is 0 Å². The highest BCUT2D eigenvalue weighted by atomic mass is 35.5. The Morgan fingerprint density at radius 1 is 1.75 bits per heavy atom. The van der Waals surface area contributed by atoms with Crippen molar-refractivity contribution in [3.63, 3.8) is 0 Å². The van der Waals surface area contributed by atoms with E-state index in [1.165, 1.54) is 6.66 Å². The first-order chi connectivity index (χ1) is 5.37. The van der Waals surface area contributed by atoms with Gasteiger partial charge in [-0.3, -0.25) is 9.36 Å². The first kappa shape index (κ1) is 11.9. The Morgan fingerprint density at radius 3 is 2.50 bits per heavy atom. The zero-order valence-electron chi connectivity index (χ0n) is 6.53. The average molecular weight is 216 g/mol. The molecule has 72 valence electrons. The van der Waals surface area contributed by atoms with Gasteiger partial charge < -0.3 is 10.00 Å². The maximum absolute atomic E-state index is 10.7. The van der Waals surface area contributed by atoms with Crippen LogP contribution in [0.5, 0.6) is 0 Å². The molecule has 2 atom stereocenters. The van der Waals surface area contributed by atoms with Gasteiger partial charge in [0.25, 0.3) is 0 Å². The highest BCUT2D eigenvalue weighted by Crippen LogP contribution is 2.35. The van der Waals surface area contributed by atoms with Gasteiger partial charge in [-0.1, -0.05) is 0 Å². The zero-order valence-corrected chi connectivity index (χ0v) is 8.18. The van der Waals surface area contributed by atoms with Crippen molar-refractivity contribution in [3.05, 3.63) is 0 Å². The Hall–Kier alpha value is -0.0900. The maximum atomic E-state index is 10.7. The van der Waals surface area contributed by atoms with Crippen LogP contribution in [0.1, 0.15) is 6.42 Å². The summed E-state index contributed by atoms with van der Waals surface area (Å²) in [6.45, 7) is 1.18. The summed E-state index contributed by atoms with van der Waals surface area (Å²) in [7, 11) is -3.13. The van der Waals surface area contributed by atoms with Crippen LogP contribution in [0.15, 0.2) is 0 Å². The van der Waals surface area contributed by atoms with Crippen LogP contribution in [0.25, 0.3) is 0 Å². The van der Waals surface area contributed by atoms with Crippen LogP contribution < -0.4 is 4.84 Å². The molecule has 0 aromatic heterocycles. The number of carboxylic acids is 1. The summed E-state index contributed by atoms with van der Waals surface area (Å²) in [4.78, 5) is 21.2. The lowest BCUT2D eigenvalue weighted by molar-refractivity contribution is -0.138. The molecule has 0 spiro atoms. The molecule has 0 saturated carbocycles. The summed E-state index contributed by atoms with van der Waals surface area (Å²) in [6, 6.07) is -0.966. The lowest BCUT2D eigenvalue weighted by Crippen LogP contribution is -2.31. The maximum Gasteiger partial charge on any atom is 0.321 e. The van der Waals surface area contributed by atoms with Crippen molar-refractivity contribution < 1.29 is 19.4 Å². The monoisotopic (exact) mass is 215 g/mol. The second-order valence-electron chi connectivity index (χ2n) is 2.56. The molecule has 0 aliphatic carbocycles. The molecule has 2 unspecified atom stereocenters. The van der Waals surface area contributed by atoms with Crippen LogP contribution in [0.3, 0.4) is 0 Å². The van der Waals surface area contributed by atoms with Crippen molar-refractivity contribution in [3.8, 4) is 0 Å². The Labute approximate surface area is 75.3 Å². The minimum absolute atomic E-state index is 0.0448. The highest BCUT2D eigenvalue weighted by molar-refractivity contribution is 7.57. The van der Waals surface area contributed by atoms with Crippen LogP contribution >= 0.6 is 19.1 Å². The number of hydrogen-bond acceptors (Lipinski definition) is 3. The molecule has 0 bridgehead atoms. The Balaban J connectivity index is 3.90. The van der Waals surface area contributed by atoms with Crippen molar-refractivity contribution >= 4 is 25.1 Å². The molecule has 0 aromatic rings. The quantitative estimate of drug-likeness (QED) is 0.459. The third-order valence-electron chi connectivity index (χ3n) is 1.26. The van der Waals surface area contributed by atoms with Gasteiger partial charge in [-0.05, 0) is 18.2 Å². The standard InChI is InChI=1S/C5H11ClNO4P/c1-12(10,11)3-2-4(7-6)5(8)9/h4,7H,2-3H2,1H3,(H,8,9)(H,10,11). The number of hydrogen-bond donors (Lipinski definition) is 3. The number of aliphatic carboxylic acids is 1. The van der Waals surface area contributed by atoms with Crippen LogP contribution in [0, 0.1) is 0 Å². The minimum atomic E-state index is -3.13. The van der Waals surface area contributed by atoms with Gasteiger partial charge in [0.2, 0.25) is 0 Å². The van der Waals surface area contributed by atoms with E-state index in [4.69, 9.17) is 21.8 Å². The fraction of sp³-hybridized carbons (Fsp3) is 0.800. The molecular weight excluding hydrogens is 204 g/mol. The Bertz CT molecular complexity index is 204. The van der Waals surface area contributed by atoms with Gasteiger partial charge >= 0.3 is 5.97 Å². The number of nitrogens with one attached hydrogen (secondary N) is 1. The summed E-state index contributed by atoms with van der Waals surface area (Å²) < 4.78 is 10.7. The van der Waals surface area contributed by atoms with E-state index >= 15 is 0 Å². The molecule has 0 rings (SSSR count). The zero-order chi connectivity index (χ0) is 9.78. The molecule has 3 N–H and O–H groups in total. The smallest absolute Gasteiger partial charge is 0.321 e. The second-order valence-corrected chi connectivity index (χ2v) is 5.33. The van der Waals surface area contributed by atoms with Crippen molar-refractivity contribution in [1.82, 2.24) is 4.84 Å². The average Bonchev–Trinajstić information content (AvgIpc) is 1.85. The topological polar surface area (TPSA) is 86.6 Å². The molecule has 0 amide bonds. The molecule has 0 aliphatic rings. The summed E-state index contributed by atoms with van der Waals surface area (Å²) in [5.41, 5.74) is 0. The molecule has 0 heterocycles. The van der Waals surface area contributed by atoms with Gasteiger partial charge in [0.1, 0.15) is 6.04 Å². The van der Waals surface area contributed by atoms with E-state index in [1.807, 2.05) is 4.84 Å². The van der Waals surface area contributed by atoms with Crippen LogP contribution in [-0.4, -0.2) is 34.8 Å². The first-order valence-corrected chi connectivity index (χ1v) is 5.92. The summed E-state index contributed by atoms with van der Waals surface area (Å²) in [6.07, 6.45) is -0.00715. The van der Waals surface area contributed by atoms with E-state index in [1.54, 1.807) is 0 Å². The molecule has 0 fully saturated rings. The first-order valence-electron chi connectivity index (χ1n) is 3.25. The number of carbonyl (C=O) groups is 1. The normalized spacial score (nSPS) is 18.2. The fourth-order valence-electron chi connectivity index (χ4n) is 0.593. The number of rotatable bonds is 5. The van der Waals surface area contributed by atoms with Crippen molar-refractivity contribution in [1.29, 1.82) is 0 Å². The lowest BCUT2D eigenvalue weighted by atomic mass is 10.2.